The first-order valence-corrected chi connectivity index (χ1v) is 11.0. The lowest BCUT2D eigenvalue weighted by Gasteiger charge is -2.27. The Morgan fingerprint density at radius 2 is 1.83 bits per heavy atom. The normalized spacial score (nSPS) is 20.9. The van der Waals surface area contributed by atoms with Gasteiger partial charge < -0.3 is 14.1 Å². The van der Waals surface area contributed by atoms with E-state index in [4.69, 9.17) is 9.15 Å². The van der Waals surface area contributed by atoms with Crippen molar-refractivity contribution in [2.75, 3.05) is 13.2 Å². The van der Waals surface area contributed by atoms with Crippen LogP contribution in [-0.4, -0.2) is 30.1 Å². The number of benzene rings is 2. The zero-order chi connectivity index (χ0) is 21.0. The Morgan fingerprint density at radius 1 is 1.10 bits per heavy atom. The summed E-state index contributed by atoms with van der Waals surface area (Å²) in [6.07, 6.45) is 1.88. The predicted molar refractivity (Wildman–Crippen MR) is 118 cm³/mol. The molecule has 0 unspecified atom stereocenters. The fourth-order valence-electron chi connectivity index (χ4n) is 4.46. The molecule has 1 fully saturated rings. The summed E-state index contributed by atoms with van der Waals surface area (Å²) in [6.45, 7) is 5.10. The second-order valence-electron chi connectivity index (χ2n) is 8.15. The van der Waals surface area contributed by atoms with Gasteiger partial charge in [0.05, 0.1) is 23.1 Å². The lowest BCUT2D eigenvalue weighted by atomic mass is 9.97. The maximum atomic E-state index is 13.6. The number of aryl methyl sites for hydroxylation is 2. The highest BCUT2D eigenvalue weighted by atomic mass is 79.9. The van der Waals surface area contributed by atoms with Crippen molar-refractivity contribution in [2.24, 2.45) is 0 Å². The fraction of sp³-hybridized carbons (Fsp3) is 0.333. The third-order valence-corrected chi connectivity index (χ3v) is 6.72. The van der Waals surface area contributed by atoms with Gasteiger partial charge in [-0.15, -0.1) is 0 Å². The first-order chi connectivity index (χ1) is 14.4. The molecule has 2 atom stereocenters. The zero-order valence-corrected chi connectivity index (χ0v) is 18.5. The van der Waals surface area contributed by atoms with Crippen LogP contribution < -0.4 is 5.43 Å². The van der Waals surface area contributed by atoms with E-state index in [2.05, 4.69) is 15.9 Å². The fourth-order valence-corrected chi connectivity index (χ4v) is 4.73. The molecule has 2 aliphatic heterocycles. The Morgan fingerprint density at radius 3 is 2.53 bits per heavy atom. The minimum absolute atomic E-state index is 0.0183. The SMILES string of the molecule is Cc1cc2oc3c(c(=O)c2cc1C)[C@H](c1ccc(Br)cc1)N(C[C@@H]1CCCO1)C3=O. The molecule has 0 N–H and O–H groups in total. The van der Waals surface area contributed by atoms with Crippen molar-refractivity contribution >= 4 is 32.8 Å². The molecule has 1 amide bonds. The van der Waals surface area contributed by atoms with Gasteiger partial charge in [0, 0.05) is 17.6 Å². The van der Waals surface area contributed by atoms with Crippen LogP contribution in [0.1, 0.15) is 51.7 Å². The van der Waals surface area contributed by atoms with Gasteiger partial charge in [0.1, 0.15) is 5.58 Å². The lowest BCUT2D eigenvalue weighted by Crippen LogP contribution is -2.36. The van der Waals surface area contributed by atoms with Crippen molar-refractivity contribution in [3.8, 4) is 0 Å². The van der Waals surface area contributed by atoms with Gasteiger partial charge in [0.15, 0.2) is 5.43 Å². The Balaban J connectivity index is 1.72. The Bertz CT molecular complexity index is 1210. The number of carbonyl (C=O) groups is 1. The molecule has 5 nitrogen and oxygen atoms in total. The quantitative estimate of drug-likeness (QED) is 0.549. The van der Waals surface area contributed by atoms with Gasteiger partial charge in [0.25, 0.3) is 5.91 Å². The molecule has 2 aromatic carbocycles. The van der Waals surface area contributed by atoms with E-state index < -0.39 is 6.04 Å². The van der Waals surface area contributed by atoms with Gasteiger partial charge in [-0.05, 0) is 67.6 Å². The van der Waals surface area contributed by atoms with Crippen LogP contribution in [0.2, 0.25) is 0 Å². The maximum Gasteiger partial charge on any atom is 0.291 e. The maximum absolute atomic E-state index is 13.6. The molecule has 154 valence electrons. The van der Waals surface area contributed by atoms with Gasteiger partial charge in [-0.25, -0.2) is 0 Å². The number of hydrogen-bond donors (Lipinski definition) is 0. The van der Waals surface area contributed by atoms with Gasteiger partial charge >= 0.3 is 0 Å². The van der Waals surface area contributed by atoms with Crippen molar-refractivity contribution < 1.29 is 13.9 Å². The molecule has 30 heavy (non-hydrogen) atoms. The molecule has 0 radical (unpaired) electrons. The van der Waals surface area contributed by atoms with Crippen molar-refractivity contribution in [1.29, 1.82) is 0 Å². The third-order valence-electron chi connectivity index (χ3n) is 6.19. The third kappa shape index (κ3) is 3.10. The number of nitrogens with zero attached hydrogens (tertiary/aromatic N) is 1. The second kappa shape index (κ2) is 7.36. The minimum atomic E-state index is -0.480. The van der Waals surface area contributed by atoms with E-state index in [-0.39, 0.29) is 23.2 Å². The topological polar surface area (TPSA) is 59.8 Å². The molecule has 1 aromatic heterocycles. The van der Waals surface area contributed by atoms with E-state index in [1.165, 1.54) is 0 Å². The van der Waals surface area contributed by atoms with Crippen molar-refractivity contribution in [3.05, 3.63) is 79.1 Å². The van der Waals surface area contributed by atoms with Crippen molar-refractivity contribution in [3.63, 3.8) is 0 Å². The number of fused-ring (bicyclic) bond motifs is 2. The largest absolute Gasteiger partial charge is 0.450 e. The number of ether oxygens (including phenoxy) is 1. The highest BCUT2D eigenvalue weighted by molar-refractivity contribution is 9.10. The standard InChI is InChI=1S/C24H22BrNO4/c1-13-10-18-19(11-14(13)2)30-23-20(22(18)27)21(15-5-7-16(25)8-6-15)26(24(23)28)12-17-4-3-9-29-17/h5-8,10-11,17,21H,3-4,9,12H2,1-2H3/t17-,21-/m0/s1. The number of halogens is 1. The van der Waals surface area contributed by atoms with Crippen LogP contribution in [0, 0.1) is 13.8 Å². The summed E-state index contributed by atoms with van der Waals surface area (Å²) >= 11 is 3.46. The Labute approximate surface area is 182 Å². The van der Waals surface area contributed by atoms with Crippen LogP contribution in [-0.2, 0) is 4.74 Å². The van der Waals surface area contributed by atoms with E-state index in [0.29, 0.717) is 29.7 Å². The van der Waals surface area contributed by atoms with Gasteiger partial charge in [-0.1, -0.05) is 28.1 Å². The molecule has 0 spiro atoms. The molecule has 2 aliphatic rings. The smallest absolute Gasteiger partial charge is 0.291 e. The van der Waals surface area contributed by atoms with Crippen molar-refractivity contribution in [2.45, 2.75) is 38.8 Å². The highest BCUT2D eigenvalue weighted by Crippen LogP contribution is 2.39. The second-order valence-corrected chi connectivity index (χ2v) is 9.07. The lowest BCUT2D eigenvalue weighted by molar-refractivity contribution is 0.0486. The van der Waals surface area contributed by atoms with E-state index in [9.17, 15) is 9.59 Å². The summed E-state index contributed by atoms with van der Waals surface area (Å²) in [5.74, 6) is -0.0904. The molecule has 0 saturated carbocycles. The molecular weight excluding hydrogens is 446 g/mol. The van der Waals surface area contributed by atoms with Crippen LogP contribution in [0.4, 0.5) is 0 Å². The molecule has 1 saturated heterocycles. The van der Waals surface area contributed by atoms with E-state index >= 15 is 0 Å². The van der Waals surface area contributed by atoms with Crippen LogP contribution >= 0.6 is 15.9 Å². The number of rotatable bonds is 3. The molecule has 3 aromatic rings. The van der Waals surface area contributed by atoms with Crippen LogP contribution in [0.5, 0.6) is 0 Å². The summed E-state index contributed by atoms with van der Waals surface area (Å²) in [7, 11) is 0. The van der Waals surface area contributed by atoms with Gasteiger partial charge in [0.2, 0.25) is 5.76 Å². The summed E-state index contributed by atoms with van der Waals surface area (Å²) in [6, 6.07) is 11.0. The zero-order valence-electron chi connectivity index (χ0n) is 16.9. The summed E-state index contributed by atoms with van der Waals surface area (Å²) in [5.41, 5.74) is 3.69. The first kappa shape index (κ1) is 19.5. The van der Waals surface area contributed by atoms with Crippen LogP contribution in [0.15, 0.2) is 50.1 Å². The van der Waals surface area contributed by atoms with Crippen LogP contribution in [0.3, 0.4) is 0 Å². The molecule has 6 heteroatoms. The monoisotopic (exact) mass is 467 g/mol. The summed E-state index contributed by atoms with van der Waals surface area (Å²) in [4.78, 5) is 28.7. The molecule has 3 heterocycles. The summed E-state index contributed by atoms with van der Waals surface area (Å²) in [5, 5.41) is 0.519. The van der Waals surface area contributed by atoms with E-state index in [1.807, 2.05) is 50.2 Å². The molecular formula is C24H22BrNO4. The average molecular weight is 468 g/mol. The first-order valence-electron chi connectivity index (χ1n) is 10.2. The Hall–Kier alpha value is -2.44. The number of amides is 1. The minimum Gasteiger partial charge on any atom is -0.450 e. The van der Waals surface area contributed by atoms with Gasteiger partial charge in [-0.2, -0.15) is 0 Å². The Kier molecular flexibility index (Phi) is 4.79. The van der Waals surface area contributed by atoms with Crippen LogP contribution in [0.25, 0.3) is 11.0 Å². The number of carbonyl (C=O) groups excluding carboxylic acids is 1. The van der Waals surface area contributed by atoms with E-state index in [0.717, 1.165) is 34.0 Å². The summed E-state index contributed by atoms with van der Waals surface area (Å²) < 4.78 is 12.8. The van der Waals surface area contributed by atoms with Crippen molar-refractivity contribution in [1.82, 2.24) is 4.90 Å². The highest BCUT2D eigenvalue weighted by Gasteiger charge is 2.43. The predicted octanol–water partition coefficient (Wildman–Crippen LogP) is 4.90. The average Bonchev–Trinajstić information content (AvgIpc) is 3.33. The molecule has 0 aliphatic carbocycles. The van der Waals surface area contributed by atoms with Gasteiger partial charge in [-0.3, -0.25) is 9.59 Å². The number of hydrogen-bond acceptors (Lipinski definition) is 4. The van der Waals surface area contributed by atoms with E-state index in [1.54, 1.807) is 4.90 Å². The molecule has 5 rings (SSSR count). The molecule has 0 bridgehead atoms.